The molecule has 3 N–H and O–H groups in total. The Kier molecular flexibility index (Phi) is 10.8. The minimum Gasteiger partial charge on any atom is -0.465 e. The number of carbonyl (C=O) groups is 2. The fourth-order valence-electron chi connectivity index (χ4n) is 3.75. The van der Waals surface area contributed by atoms with Crippen molar-refractivity contribution in [3.63, 3.8) is 0 Å². The van der Waals surface area contributed by atoms with Gasteiger partial charge in [0.25, 0.3) is 0 Å². The zero-order valence-electron chi connectivity index (χ0n) is 21.4. The molecule has 0 amide bonds. The molecular weight excluding hydrogens is 444 g/mol. The van der Waals surface area contributed by atoms with Gasteiger partial charge in [0.1, 0.15) is 0 Å². The highest BCUT2D eigenvalue weighted by Crippen LogP contribution is 2.23. The van der Waals surface area contributed by atoms with E-state index >= 15 is 0 Å². The molecule has 0 heterocycles. The number of rotatable bonds is 13. The van der Waals surface area contributed by atoms with Crippen LogP contribution in [0.15, 0.2) is 60.2 Å². The molecule has 0 spiro atoms. The van der Waals surface area contributed by atoms with E-state index in [-0.39, 0.29) is 6.17 Å². The first-order valence-corrected chi connectivity index (χ1v) is 11.9. The first-order chi connectivity index (χ1) is 16.6. The number of hydrogen-bond donors (Lipinski definition) is 3. The van der Waals surface area contributed by atoms with E-state index in [1.54, 1.807) is 24.3 Å². The van der Waals surface area contributed by atoms with E-state index < -0.39 is 17.5 Å². The second-order valence-corrected chi connectivity index (χ2v) is 9.21. The van der Waals surface area contributed by atoms with Crippen LogP contribution >= 0.6 is 0 Å². The van der Waals surface area contributed by atoms with Gasteiger partial charge in [-0.2, -0.15) is 0 Å². The minimum absolute atomic E-state index is 0.285. The maximum absolute atomic E-state index is 12.3. The lowest BCUT2D eigenvalue weighted by Gasteiger charge is -2.24. The van der Waals surface area contributed by atoms with Gasteiger partial charge < -0.3 is 25.2 Å². The van der Waals surface area contributed by atoms with E-state index in [1.165, 1.54) is 19.8 Å². The summed E-state index contributed by atoms with van der Waals surface area (Å²) in [5.41, 5.74) is 2.75. The normalized spacial score (nSPS) is 11.8. The Balaban J connectivity index is 2.20. The van der Waals surface area contributed by atoms with E-state index in [9.17, 15) is 14.7 Å². The molecule has 0 saturated heterocycles. The number of methoxy groups -OCH3 is 2. The molecule has 0 aromatic heterocycles. The zero-order chi connectivity index (χ0) is 25.8. The van der Waals surface area contributed by atoms with E-state index in [1.807, 2.05) is 38.1 Å². The molecule has 0 radical (unpaired) electrons. The highest BCUT2D eigenvalue weighted by molar-refractivity contribution is 5.96. The van der Waals surface area contributed by atoms with Crippen molar-refractivity contribution in [2.75, 3.05) is 24.9 Å². The Hall–Kier alpha value is -3.32. The summed E-state index contributed by atoms with van der Waals surface area (Å²) in [5.74, 6) is -0.853. The molecule has 0 unspecified atom stereocenters. The molecule has 0 fully saturated rings. The standard InChI is InChI=1S/C28H38N2O5/c1-20(13-11-19-28(2,3)33)12-10-18-25(29-23-16-8-6-14-21(23)26(31)34-4)30-24-17-9-7-15-22(24)27(32)35-5/h6-9,12,14-17,25,29-30,33H,10-11,13,18-19H2,1-5H3. The van der Waals surface area contributed by atoms with Crippen molar-refractivity contribution >= 4 is 23.3 Å². The molecular formula is C28H38N2O5. The number of aliphatic hydroxyl groups is 1. The van der Waals surface area contributed by atoms with Gasteiger partial charge in [0, 0.05) is 0 Å². The van der Waals surface area contributed by atoms with Crippen molar-refractivity contribution in [1.82, 2.24) is 0 Å². The van der Waals surface area contributed by atoms with Gasteiger partial charge >= 0.3 is 11.9 Å². The van der Waals surface area contributed by atoms with Crippen LogP contribution in [0, 0.1) is 0 Å². The van der Waals surface area contributed by atoms with Crippen LogP contribution in [0.2, 0.25) is 0 Å². The average molecular weight is 483 g/mol. The van der Waals surface area contributed by atoms with Gasteiger partial charge in [-0.1, -0.05) is 35.9 Å². The molecule has 2 aromatic rings. The first-order valence-electron chi connectivity index (χ1n) is 11.9. The molecule has 0 aliphatic rings. The molecule has 0 saturated carbocycles. The summed E-state index contributed by atoms with van der Waals surface area (Å²) in [7, 11) is 2.71. The summed E-state index contributed by atoms with van der Waals surface area (Å²) in [4.78, 5) is 24.5. The number of hydrogen-bond acceptors (Lipinski definition) is 7. The highest BCUT2D eigenvalue weighted by atomic mass is 16.5. The summed E-state index contributed by atoms with van der Waals surface area (Å²) in [6.07, 6.45) is 5.97. The lowest BCUT2D eigenvalue weighted by atomic mass is 9.99. The van der Waals surface area contributed by atoms with E-state index in [2.05, 4.69) is 23.6 Å². The van der Waals surface area contributed by atoms with Gasteiger partial charge in [0.2, 0.25) is 0 Å². The van der Waals surface area contributed by atoms with Crippen molar-refractivity contribution in [3.8, 4) is 0 Å². The van der Waals surface area contributed by atoms with Crippen molar-refractivity contribution < 1.29 is 24.2 Å². The number of benzene rings is 2. The summed E-state index contributed by atoms with van der Waals surface area (Å²) in [5, 5.41) is 16.7. The smallest absolute Gasteiger partial charge is 0.339 e. The SMILES string of the molecule is COC(=O)c1ccccc1NC(CCC=C(C)CCCC(C)(C)O)Nc1ccccc1C(=O)OC. The quantitative estimate of drug-likeness (QED) is 0.189. The lowest BCUT2D eigenvalue weighted by Crippen LogP contribution is -2.30. The fourth-order valence-corrected chi connectivity index (χ4v) is 3.75. The van der Waals surface area contributed by atoms with Crippen LogP contribution in [0.25, 0.3) is 0 Å². The number of para-hydroxylation sites is 2. The number of allylic oxidation sites excluding steroid dienone is 2. The van der Waals surface area contributed by atoms with Gasteiger partial charge in [-0.25, -0.2) is 9.59 Å². The van der Waals surface area contributed by atoms with Gasteiger partial charge in [0.05, 0.1) is 48.5 Å². The van der Waals surface area contributed by atoms with Crippen LogP contribution in [-0.2, 0) is 9.47 Å². The van der Waals surface area contributed by atoms with Gasteiger partial charge in [-0.05, 0) is 77.1 Å². The molecule has 190 valence electrons. The second-order valence-electron chi connectivity index (χ2n) is 9.21. The summed E-state index contributed by atoms with van der Waals surface area (Å²) < 4.78 is 9.86. The Morgan fingerprint density at radius 3 is 1.89 bits per heavy atom. The predicted molar refractivity (Wildman–Crippen MR) is 140 cm³/mol. The third-order valence-electron chi connectivity index (χ3n) is 5.63. The monoisotopic (exact) mass is 482 g/mol. The minimum atomic E-state index is -0.653. The molecule has 7 heteroatoms. The van der Waals surface area contributed by atoms with Crippen molar-refractivity contribution in [3.05, 3.63) is 71.3 Å². The third kappa shape index (κ3) is 9.45. The van der Waals surface area contributed by atoms with Crippen LogP contribution in [0.4, 0.5) is 11.4 Å². The molecule has 0 aliphatic carbocycles. The van der Waals surface area contributed by atoms with Crippen LogP contribution in [0.3, 0.4) is 0 Å². The van der Waals surface area contributed by atoms with Gasteiger partial charge in [-0.15, -0.1) is 0 Å². The van der Waals surface area contributed by atoms with E-state index in [4.69, 9.17) is 9.47 Å². The molecule has 7 nitrogen and oxygen atoms in total. The average Bonchev–Trinajstić information content (AvgIpc) is 2.83. The Labute approximate surface area is 208 Å². The summed E-state index contributed by atoms with van der Waals surface area (Å²) in [6.45, 7) is 5.75. The Morgan fingerprint density at radius 1 is 0.943 bits per heavy atom. The zero-order valence-corrected chi connectivity index (χ0v) is 21.4. The largest absolute Gasteiger partial charge is 0.465 e. The second kappa shape index (κ2) is 13.5. The maximum atomic E-state index is 12.3. The van der Waals surface area contributed by atoms with Crippen molar-refractivity contribution in [2.45, 2.75) is 64.6 Å². The Bertz CT molecular complexity index is 949. The van der Waals surface area contributed by atoms with Crippen LogP contribution in [0.1, 0.15) is 73.6 Å². The van der Waals surface area contributed by atoms with Gasteiger partial charge in [0.15, 0.2) is 0 Å². The topological polar surface area (TPSA) is 96.9 Å². The van der Waals surface area contributed by atoms with Crippen molar-refractivity contribution in [1.29, 1.82) is 0 Å². The maximum Gasteiger partial charge on any atom is 0.339 e. The number of anilines is 2. The van der Waals surface area contributed by atoms with Crippen LogP contribution in [0.5, 0.6) is 0 Å². The molecule has 0 aliphatic heterocycles. The third-order valence-corrected chi connectivity index (χ3v) is 5.63. The number of nitrogens with one attached hydrogen (secondary N) is 2. The molecule has 35 heavy (non-hydrogen) atoms. The summed E-state index contributed by atoms with van der Waals surface area (Å²) >= 11 is 0. The molecule has 2 aromatic carbocycles. The molecule has 0 atom stereocenters. The molecule has 2 rings (SSSR count). The predicted octanol–water partition coefficient (Wildman–Crippen LogP) is 5.78. The van der Waals surface area contributed by atoms with E-state index in [0.717, 1.165) is 25.7 Å². The van der Waals surface area contributed by atoms with Crippen LogP contribution in [-0.4, -0.2) is 43.0 Å². The van der Waals surface area contributed by atoms with Gasteiger partial charge in [-0.3, -0.25) is 0 Å². The van der Waals surface area contributed by atoms with E-state index in [0.29, 0.717) is 28.9 Å². The number of ether oxygens (including phenoxy) is 2. The lowest BCUT2D eigenvalue weighted by molar-refractivity contribution is 0.0593. The highest BCUT2D eigenvalue weighted by Gasteiger charge is 2.18. The number of esters is 2. The first kappa shape index (κ1) is 27.9. The fraction of sp³-hybridized carbons (Fsp3) is 0.429. The van der Waals surface area contributed by atoms with Crippen molar-refractivity contribution in [2.24, 2.45) is 0 Å². The Morgan fingerprint density at radius 2 is 1.43 bits per heavy atom. The number of carbonyl (C=O) groups excluding carboxylic acids is 2. The van der Waals surface area contributed by atoms with Crippen LogP contribution < -0.4 is 10.6 Å². The summed E-state index contributed by atoms with van der Waals surface area (Å²) in [6, 6.07) is 14.3. The molecule has 0 bridgehead atoms.